The van der Waals surface area contributed by atoms with Gasteiger partial charge in [0, 0.05) is 12.5 Å². The Morgan fingerprint density at radius 1 is 1.47 bits per heavy atom. The SMILES string of the molecule is CCOC(=O)[C@@H]1CCCN1C(=O)C(C)C. The molecule has 0 spiro atoms. The molecule has 86 valence electrons. The number of nitrogens with zero attached hydrogens (tertiary/aromatic N) is 1. The van der Waals surface area contributed by atoms with E-state index in [0.29, 0.717) is 13.2 Å². The highest BCUT2D eigenvalue weighted by Crippen LogP contribution is 2.20. The van der Waals surface area contributed by atoms with Crippen molar-refractivity contribution in [3.63, 3.8) is 0 Å². The second kappa shape index (κ2) is 5.14. The van der Waals surface area contributed by atoms with E-state index >= 15 is 0 Å². The third-order valence-corrected chi connectivity index (χ3v) is 2.59. The molecule has 0 aromatic rings. The van der Waals surface area contributed by atoms with Crippen molar-refractivity contribution in [2.45, 2.75) is 39.7 Å². The summed E-state index contributed by atoms with van der Waals surface area (Å²) in [4.78, 5) is 25.0. The van der Waals surface area contributed by atoms with E-state index in [-0.39, 0.29) is 23.8 Å². The minimum Gasteiger partial charge on any atom is -0.464 e. The molecule has 0 aliphatic carbocycles. The molecule has 0 bridgehead atoms. The number of hydrogen-bond acceptors (Lipinski definition) is 3. The molecule has 1 fully saturated rings. The fourth-order valence-electron chi connectivity index (χ4n) is 1.85. The van der Waals surface area contributed by atoms with Gasteiger partial charge in [0.25, 0.3) is 0 Å². The van der Waals surface area contributed by atoms with Crippen LogP contribution in [-0.4, -0.2) is 36.0 Å². The molecule has 1 saturated heterocycles. The molecule has 4 heteroatoms. The van der Waals surface area contributed by atoms with Gasteiger partial charge < -0.3 is 9.64 Å². The van der Waals surface area contributed by atoms with Gasteiger partial charge in [-0.15, -0.1) is 0 Å². The molecule has 0 aromatic heterocycles. The minimum atomic E-state index is -0.347. The standard InChI is InChI=1S/C11H19NO3/c1-4-15-11(14)9-6-5-7-12(9)10(13)8(2)3/h8-9H,4-7H2,1-3H3/t9-/m0/s1. The summed E-state index contributed by atoms with van der Waals surface area (Å²) < 4.78 is 4.95. The predicted octanol–water partition coefficient (Wildman–Crippen LogP) is 1.20. The van der Waals surface area contributed by atoms with Gasteiger partial charge in [-0.2, -0.15) is 0 Å². The first-order valence-corrected chi connectivity index (χ1v) is 5.55. The third-order valence-electron chi connectivity index (χ3n) is 2.59. The van der Waals surface area contributed by atoms with Crippen molar-refractivity contribution in [3.8, 4) is 0 Å². The maximum absolute atomic E-state index is 11.8. The molecular weight excluding hydrogens is 194 g/mol. The van der Waals surface area contributed by atoms with Crippen molar-refractivity contribution >= 4 is 11.9 Å². The quantitative estimate of drug-likeness (QED) is 0.662. The Hall–Kier alpha value is -1.06. The molecule has 15 heavy (non-hydrogen) atoms. The van der Waals surface area contributed by atoms with Crippen molar-refractivity contribution in [1.82, 2.24) is 4.90 Å². The maximum Gasteiger partial charge on any atom is 0.328 e. The predicted molar refractivity (Wildman–Crippen MR) is 56.2 cm³/mol. The Bertz CT molecular complexity index is 250. The third kappa shape index (κ3) is 2.70. The average Bonchev–Trinajstić information content (AvgIpc) is 2.65. The molecule has 4 nitrogen and oxygen atoms in total. The van der Waals surface area contributed by atoms with E-state index in [4.69, 9.17) is 4.74 Å². The summed E-state index contributed by atoms with van der Waals surface area (Å²) >= 11 is 0. The molecule has 1 heterocycles. The van der Waals surface area contributed by atoms with Gasteiger partial charge in [0.2, 0.25) is 5.91 Å². The fourth-order valence-corrected chi connectivity index (χ4v) is 1.85. The zero-order valence-corrected chi connectivity index (χ0v) is 9.66. The number of rotatable bonds is 3. The van der Waals surface area contributed by atoms with Crippen LogP contribution >= 0.6 is 0 Å². The van der Waals surface area contributed by atoms with Gasteiger partial charge in [-0.1, -0.05) is 13.8 Å². The highest BCUT2D eigenvalue weighted by Gasteiger charge is 2.35. The first kappa shape index (κ1) is 12.0. The van der Waals surface area contributed by atoms with Crippen LogP contribution in [0.15, 0.2) is 0 Å². The van der Waals surface area contributed by atoms with Gasteiger partial charge in [0.1, 0.15) is 6.04 Å². The smallest absolute Gasteiger partial charge is 0.328 e. The summed E-state index contributed by atoms with van der Waals surface area (Å²) in [5.74, 6) is -0.269. The second-order valence-electron chi connectivity index (χ2n) is 4.10. The zero-order chi connectivity index (χ0) is 11.4. The van der Waals surface area contributed by atoms with Crippen LogP contribution in [0.25, 0.3) is 0 Å². The van der Waals surface area contributed by atoms with Crippen molar-refractivity contribution in [1.29, 1.82) is 0 Å². The van der Waals surface area contributed by atoms with Crippen molar-refractivity contribution < 1.29 is 14.3 Å². The Balaban J connectivity index is 2.64. The number of likely N-dealkylation sites (tertiary alicyclic amines) is 1. The summed E-state index contributed by atoms with van der Waals surface area (Å²) in [6.07, 6.45) is 1.62. The minimum absolute atomic E-state index is 0.0468. The van der Waals surface area contributed by atoms with Crippen LogP contribution in [-0.2, 0) is 14.3 Å². The first-order chi connectivity index (χ1) is 7.07. The summed E-state index contributed by atoms with van der Waals surface area (Å²) in [6.45, 7) is 6.53. The molecule has 1 aliphatic rings. The van der Waals surface area contributed by atoms with Crippen LogP contribution in [0.5, 0.6) is 0 Å². The number of carbonyl (C=O) groups excluding carboxylic acids is 2. The molecule has 1 amide bonds. The number of amides is 1. The van der Waals surface area contributed by atoms with Gasteiger partial charge >= 0.3 is 5.97 Å². The first-order valence-electron chi connectivity index (χ1n) is 5.55. The van der Waals surface area contributed by atoms with E-state index in [1.807, 2.05) is 13.8 Å². The van der Waals surface area contributed by atoms with Crippen LogP contribution in [0.4, 0.5) is 0 Å². The summed E-state index contributed by atoms with van der Waals surface area (Å²) in [6, 6.07) is -0.347. The van der Waals surface area contributed by atoms with Gasteiger partial charge in [-0.05, 0) is 19.8 Å². The topological polar surface area (TPSA) is 46.6 Å². The van der Waals surface area contributed by atoms with Crippen LogP contribution in [0, 0.1) is 5.92 Å². The number of esters is 1. The largest absolute Gasteiger partial charge is 0.464 e. The normalized spacial score (nSPS) is 20.8. The summed E-state index contributed by atoms with van der Waals surface area (Å²) in [5.41, 5.74) is 0. The van der Waals surface area contributed by atoms with Crippen LogP contribution in [0.1, 0.15) is 33.6 Å². The van der Waals surface area contributed by atoms with Gasteiger partial charge in [-0.3, -0.25) is 4.79 Å². The molecule has 1 aliphatic heterocycles. The number of carbonyl (C=O) groups is 2. The highest BCUT2D eigenvalue weighted by atomic mass is 16.5. The lowest BCUT2D eigenvalue weighted by Crippen LogP contribution is -2.43. The Labute approximate surface area is 90.6 Å². The van der Waals surface area contributed by atoms with Gasteiger partial charge in [-0.25, -0.2) is 4.79 Å². The lowest BCUT2D eigenvalue weighted by Gasteiger charge is -2.24. The zero-order valence-electron chi connectivity index (χ0n) is 9.66. The molecule has 0 radical (unpaired) electrons. The molecule has 0 N–H and O–H groups in total. The molecule has 0 unspecified atom stereocenters. The Morgan fingerprint density at radius 2 is 2.13 bits per heavy atom. The molecule has 0 saturated carbocycles. The van der Waals surface area contributed by atoms with E-state index in [9.17, 15) is 9.59 Å². The lowest BCUT2D eigenvalue weighted by molar-refractivity contribution is -0.153. The van der Waals surface area contributed by atoms with E-state index in [2.05, 4.69) is 0 Å². The van der Waals surface area contributed by atoms with E-state index < -0.39 is 0 Å². The van der Waals surface area contributed by atoms with Gasteiger partial charge in [0.15, 0.2) is 0 Å². The van der Waals surface area contributed by atoms with Crippen molar-refractivity contribution in [3.05, 3.63) is 0 Å². The molecule has 0 aromatic carbocycles. The monoisotopic (exact) mass is 213 g/mol. The summed E-state index contributed by atoms with van der Waals surface area (Å²) in [5, 5.41) is 0. The summed E-state index contributed by atoms with van der Waals surface area (Å²) in [7, 11) is 0. The van der Waals surface area contributed by atoms with Crippen LogP contribution in [0.2, 0.25) is 0 Å². The number of hydrogen-bond donors (Lipinski definition) is 0. The maximum atomic E-state index is 11.8. The molecule has 1 atom stereocenters. The molecular formula is C11H19NO3. The van der Waals surface area contributed by atoms with E-state index in [0.717, 1.165) is 12.8 Å². The number of ether oxygens (including phenoxy) is 1. The Kier molecular flexibility index (Phi) is 4.12. The highest BCUT2D eigenvalue weighted by molar-refractivity contribution is 5.86. The second-order valence-corrected chi connectivity index (χ2v) is 4.10. The Morgan fingerprint density at radius 3 is 2.67 bits per heavy atom. The fraction of sp³-hybridized carbons (Fsp3) is 0.818. The lowest BCUT2D eigenvalue weighted by atomic mass is 10.1. The van der Waals surface area contributed by atoms with Crippen molar-refractivity contribution in [2.75, 3.05) is 13.2 Å². The average molecular weight is 213 g/mol. The van der Waals surface area contributed by atoms with Crippen LogP contribution < -0.4 is 0 Å². The molecule has 1 rings (SSSR count). The van der Waals surface area contributed by atoms with E-state index in [1.165, 1.54) is 0 Å². The van der Waals surface area contributed by atoms with Crippen LogP contribution in [0.3, 0.4) is 0 Å². The van der Waals surface area contributed by atoms with Crippen molar-refractivity contribution in [2.24, 2.45) is 5.92 Å². The van der Waals surface area contributed by atoms with E-state index in [1.54, 1.807) is 11.8 Å². The van der Waals surface area contributed by atoms with Gasteiger partial charge in [0.05, 0.1) is 6.61 Å².